The SMILES string of the molecule is CC(C)[C@@H](NC(=O)c1ccc(F)cc1)C(=O)NC[C@H](c1ccc(Cl)cc1)N1CCOCC1. The largest absolute Gasteiger partial charge is 0.379 e. The van der Waals surface area contributed by atoms with Gasteiger partial charge in [0, 0.05) is 30.2 Å². The van der Waals surface area contributed by atoms with Gasteiger partial charge in [-0.25, -0.2) is 4.39 Å². The van der Waals surface area contributed by atoms with E-state index in [0.717, 1.165) is 18.7 Å². The summed E-state index contributed by atoms with van der Waals surface area (Å²) in [5.74, 6) is -1.23. The highest BCUT2D eigenvalue weighted by Crippen LogP contribution is 2.23. The Morgan fingerprint density at radius 3 is 2.28 bits per heavy atom. The van der Waals surface area contributed by atoms with Crippen LogP contribution in [-0.2, 0) is 9.53 Å². The molecule has 0 spiro atoms. The van der Waals surface area contributed by atoms with Gasteiger partial charge in [-0.15, -0.1) is 0 Å². The van der Waals surface area contributed by atoms with Crippen molar-refractivity contribution in [1.82, 2.24) is 15.5 Å². The molecule has 1 saturated heterocycles. The van der Waals surface area contributed by atoms with Gasteiger partial charge >= 0.3 is 0 Å². The topological polar surface area (TPSA) is 70.7 Å². The van der Waals surface area contributed by atoms with E-state index in [0.29, 0.717) is 30.3 Å². The van der Waals surface area contributed by atoms with Gasteiger partial charge in [-0.05, 0) is 47.9 Å². The van der Waals surface area contributed by atoms with Crippen LogP contribution < -0.4 is 10.6 Å². The average Bonchev–Trinajstić information content (AvgIpc) is 2.79. The number of carbonyl (C=O) groups excluding carboxylic acids is 2. The van der Waals surface area contributed by atoms with E-state index in [4.69, 9.17) is 16.3 Å². The van der Waals surface area contributed by atoms with E-state index in [1.807, 2.05) is 38.1 Å². The molecule has 0 aliphatic carbocycles. The highest BCUT2D eigenvalue weighted by atomic mass is 35.5. The van der Waals surface area contributed by atoms with E-state index < -0.39 is 17.8 Å². The molecule has 172 valence electrons. The fourth-order valence-electron chi connectivity index (χ4n) is 3.70. The van der Waals surface area contributed by atoms with E-state index in [1.165, 1.54) is 24.3 Å². The first-order valence-corrected chi connectivity index (χ1v) is 11.1. The summed E-state index contributed by atoms with van der Waals surface area (Å²) in [7, 11) is 0. The highest BCUT2D eigenvalue weighted by Gasteiger charge is 2.28. The number of benzene rings is 2. The summed E-state index contributed by atoms with van der Waals surface area (Å²) in [6.07, 6.45) is 0. The van der Waals surface area contributed by atoms with Crippen LogP contribution in [0, 0.1) is 11.7 Å². The van der Waals surface area contributed by atoms with Crippen molar-refractivity contribution < 1.29 is 18.7 Å². The second kappa shape index (κ2) is 11.4. The van der Waals surface area contributed by atoms with Crippen LogP contribution in [0.5, 0.6) is 0 Å². The van der Waals surface area contributed by atoms with Crippen molar-refractivity contribution in [3.63, 3.8) is 0 Å². The Labute approximate surface area is 193 Å². The van der Waals surface area contributed by atoms with Gasteiger partial charge in [0.15, 0.2) is 0 Å². The first kappa shape index (κ1) is 24.2. The first-order valence-electron chi connectivity index (χ1n) is 10.8. The second-order valence-corrected chi connectivity index (χ2v) is 8.60. The van der Waals surface area contributed by atoms with Crippen LogP contribution in [0.25, 0.3) is 0 Å². The third-order valence-corrected chi connectivity index (χ3v) is 5.80. The number of hydrogen-bond acceptors (Lipinski definition) is 4. The predicted octanol–water partition coefficient (Wildman–Crippen LogP) is 3.42. The zero-order valence-corrected chi connectivity index (χ0v) is 19.1. The molecular weight excluding hydrogens is 433 g/mol. The Morgan fingerprint density at radius 1 is 1.06 bits per heavy atom. The van der Waals surface area contributed by atoms with E-state index >= 15 is 0 Å². The highest BCUT2D eigenvalue weighted by molar-refractivity contribution is 6.30. The van der Waals surface area contributed by atoms with Crippen LogP contribution in [0.2, 0.25) is 5.02 Å². The Kier molecular flexibility index (Phi) is 8.61. The minimum Gasteiger partial charge on any atom is -0.379 e. The van der Waals surface area contributed by atoms with Gasteiger partial charge in [-0.3, -0.25) is 14.5 Å². The third-order valence-electron chi connectivity index (χ3n) is 5.55. The lowest BCUT2D eigenvalue weighted by Crippen LogP contribution is -2.52. The van der Waals surface area contributed by atoms with Crippen molar-refractivity contribution in [2.24, 2.45) is 5.92 Å². The fourth-order valence-corrected chi connectivity index (χ4v) is 3.83. The Bertz CT molecular complexity index is 900. The van der Waals surface area contributed by atoms with Crippen molar-refractivity contribution in [2.75, 3.05) is 32.8 Å². The van der Waals surface area contributed by atoms with Gasteiger partial charge in [0.1, 0.15) is 11.9 Å². The first-order chi connectivity index (χ1) is 15.3. The molecule has 1 aliphatic rings. The molecule has 0 radical (unpaired) electrons. The number of nitrogens with zero attached hydrogens (tertiary/aromatic N) is 1. The van der Waals surface area contributed by atoms with E-state index in [-0.39, 0.29) is 17.9 Å². The molecule has 2 amide bonds. The molecule has 1 fully saturated rings. The Hall–Kier alpha value is -2.48. The zero-order chi connectivity index (χ0) is 23.1. The molecule has 1 aliphatic heterocycles. The van der Waals surface area contributed by atoms with Crippen LogP contribution in [0.15, 0.2) is 48.5 Å². The van der Waals surface area contributed by atoms with Crippen molar-refractivity contribution in [2.45, 2.75) is 25.9 Å². The minimum absolute atomic E-state index is 0.0410. The average molecular weight is 462 g/mol. The minimum atomic E-state index is -0.719. The Balaban J connectivity index is 1.68. The summed E-state index contributed by atoms with van der Waals surface area (Å²) in [5, 5.41) is 6.44. The van der Waals surface area contributed by atoms with Crippen LogP contribution in [0.3, 0.4) is 0 Å². The summed E-state index contributed by atoms with van der Waals surface area (Å²) in [6.45, 7) is 6.93. The number of rotatable bonds is 8. The molecule has 2 atom stereocenters. The van der Waals surface area contributed by atoms with Crippen molar-refractivity contribution in [3.05, 3.63) is 70.5 Å². The smallest absolute Gasteiger partial charge is 0.251 e. The predicted molar refractivity (Wildman–Crippen MR) is 122 cm³/mol. The van der Waals surface area contributed by atoms with E-state index in [2.05, 4.69) is 15.5 Å². The molecule has 0 aromatic heterocycles. The number of hydrogen-bond donors (Lipinski definition) is 2. The number of amides is 2. The molecule has 8 heteroatoms. The van der Waals surface area contributed by atoms with Crippen molar-refractivity contribution in [3.8, 4) is 0 Å². The number of morpholine rings is 1. The lowest BCUT2D eigenvalue weighted by Gasteiger charge is -2.35. The molecule has 1 heterocycles. The molecule has 2 N–H and O–H groups in total. The lowest BCUT2D eigenvalue weighted by atomic mass is 10.0. The second-order valence-electron chi connectivity index (χ2n) is 8.16. The number of ether oxygens (including phenoxy) is 1. The van der Waals surface area contributed by atoms with Gasteiger partial charge in [-0.1, -0.05) is 37.6 Å². The zero-order valence-electron chi connectivity index (χ0n) is 18.3. The molecule has 32 heavy (non-hydrogen) atoms. The molecule has 0 unspecified atom stereocenters. The van der Waals surface area contributed by atoms with Crippen LogP contribution in [0.1, 0.15) is 35.8 Å². The molecule has 0 saturated carbocycles. The molecular formula is C24H29ClFN3O3. The lowest BCUT2D eigenvalue weighted by molar-refractivity contribution is -0.124. The van der Waals surface area contributed by atoms with Crippen LogP contribution in [-0.4, -0.2) is 55.6 Å². The fraction of sp³-hybridized carbons (Fsp3) is 0.417. The molecule has 3 rings (SSSR count). The van der Waals surface area contributed by atoms with Gasteiger partial charge in [0.2, 0.25) is 5.91 Å². The monoisotopic (exact) mass is 461 g/mol. The third kappa shape index (κ3) is 6.51. The Morgan fingerprint density at radius 2 is 1.69 bits per heavy atom. The molecule has 0 bridgehead atoms. The summed E-state index contributed by atoms with van der Waals surface area (Å²) >= 11 is 6.05. The van der Waals surface area contributed by atoms with Crippen LogP contribution >= 0.6 is 11.6 Å². The maximum Gasteiger partial charge on any atom is 0.251 e. The summed E-state index contributed by atoms with van der Waals surface area (Å²) in [4.78, 5) is 27.9. The standard InChI is InChI=1S/C24H29ClFN3O3/c1-16(2)22(28-23(30)18-5-9-20(26)10-6-18)24(31)27-15-21(29-11-13-32-14-12-29)17-3-7-19(25)8-4-17/h3-10,16,21-22H,11-15H2,1-2H3,(H,27,31)(H,28,30)/t21-,22-/m1/s1. The molecule has 2 aromatic carbocycles. The summed E-state index contributed by atoms with van der Waals surface area (Å²) in [5.41, 5.74) is 1.35. The van der Waals surface area contributed by atoms with Crippen molar-refractivity contribution in [1.29, 1.82) is 0 Å². The maximum absolute atomic E-state index is 13.1. The van der Waals surface area contributed by atoms with Crippen molar-refractivity contribution >= 4 is 23.4 Å². The summed E-state index contributed by atoms with van der Waals surface area (Å²) < 4.78 is 18.6. The number of halogens is 2. The molecule has 2 aromatic rings. The maximum atomic E-state index is 13.1. The van der Waals surface area contributed by atoms with Gasteiger partial charge in [0.25, 0.3) is 5.91 Å². The van der Waals surface area contributed by atoms with Gasteiger partial charge in [0.05, 0.1) is 19.3 Å². The van der Waals surface area contributed by atoms with Gasteiger partial charge < -0.3 is 15.4 Å². The quantitative estimate of drug-likeness (QED) is 0.632. The normalized spacial score (nSPS) is 16.4. The van der Waals surface area contributed by atoms with E-state index in [9.17, 15) is 14.0 Å². The van der Waals surface area contributed by atoms with E-state index in [1.54, 1.807) is 0 Å². The number of nitrogens with one attached hydrogen (secondary N) is 2. The molecule has 6 nitrogen and oxygen atoms in total. The number of carbonyl (C=O) groups is 2. The van der Waals surface area contributed by atoms with Crippen LogP contribution in [0.4, 0.5) is 4.39 Å². The van der Waals surface area contributed by atoms with Gasteiger partial charge in [-0.2, -0.15) is 0 Å². The summed E-state index contributed by atoms with van der Waals surface area (Å²) in [6, 6.07) is 12.1.